The highest BCUT2D eigenvalue weighted by molar-refractivity contribution is 9.10. The molecule has 1 rings (SSSR count). The van der Waals surface area contributed by atoms with Crippen LogP contribution in [0.4, 0.5) is 23.2 Å². The van der Waals surface area contributed by atoms with Crippen LogP contribution in [0.15, 0.2) is 16.6 Å². The molecule has 0 aliphatic rings. The van der Waals surface area contributed by atoms with Gasteiger partial charge >= 0.3 is 6.36 Å². The largest absolute Gasteiger partial charge is 0.573 e. The molecule has 0 amide bonds. The van der Waals surface area contributed by atoms with Crippen LogP contribution < -0.4 is 10.5 Å². The molecule has 0 fully saturated rings. The first kappa shape index (κ1) is 11.1. The van der Waals surface area contributed by atoms with Crippen LogP contribution in [0.25, 0.3) is 0 Å². The minimum atomic E-state index is -4.95. The van der Waals surface area contributed by atoms with E-state index in [2.05, 4.69) is 20.7 Å². The number of ether oxygens (including phenoxy) is 1. The number of hydrogen-bond donors (Lipinski definition) is 1. The number of hydrogen-bond acceptors (Lipinski definition) is 2. The van der Waals surface area contributed by atoms with Crippen LogP contribution in [0.5, 0.6) is 5.75 Å². The van der Waals surface area contributed by atoms with E-state index < -0.39 is 23.6 Å². The minimum absolute atomic E-state index is 0.151. The van der Waals surface area contributed by atoms with Gasteiger partial charge in [0.1, 0.15) is 0 Å². The molecule has 0 heterocycles. The van der Waals surface area contributed by atoms with Crippen LogP contribution in [-0.2, 0) is 0 Å². The van der Waals surface area contributed by atoms with Gasteiger partial charge in [0.05, 0.1) is 10.2 Å². The van der Waals surface area contributed by atoms with Gasteiger partial charge in [0.2, 0.25) is 0 Å². The second kappa shape index (κ2) is 3.64. The lowest BCUT2D eigenvalue weighted by Crippen LogP contribution is -2.18. The summed E-state index contributed by atoms with van der Waals surface area (Å²) in [7, 11) is 0. The summed E-state index contributed by atoms with van der Waals surface area (Å²) in [4.78, 5) is 0. The summed E-state index contributed by atoms with van der Waals surface area (Å²) in [6.07, 6.45) is -4.95. The van der Waals surface area contributed by atoms with Crippen molar-refractivity contribution in [1.29, 1.82) is 0 Å². The van der Waals surface area contributed by atoms with Gasteiger partial charge in [0, 0.05) is 0 Å². The van der Waals surface area contributed by atoms with E-state index in [1.165, 1.54) is 6.07 Å². The quantitative estimate of drug-likeness (QED) is 0.631. The van der Waals surface area contributed by atoms with Gasteiger partial charge in [-0.05, 0) is 28.1 Å². The fraction of sp³-hybridized carbons (Fsp3) is 0.143. The Hall–Kier alpha value is -0.980. The third-order valence-electron chi connectivity index (χ3n) is 1.30. The van der Waals surface area contributed by atoms with Gasteiger partial charge in [-0.15, -0.1) is 13.2 Å². The Balaban J connectivity index is 3.13. The van der Waals surface area contributed by atoms with Crippen LogP contribution >= 0.6 is 15.9 Å². The maximum absolute atomic E-state index is 13.0. The topological polar surface area (TPSA) is 35.2 Å². The Morgan fingerprint density at radius 2 is 1.86 bits per heavy atom. The number of nitrogens with two attached hydrogens (primary N) is 1. The molecular weight excluding hydrogens is 270 g/mol. The predicted octanol–water partition coefficient (Wildman–Crippen LogP) is 3.07. The Morgan fingerprint density at radius 1 is 1.29 bits per heavy atom. The molecule has 14 heavy (non-hydrogen) atoms. The van der Waals surface area contributed by atoms with Crippen molar-refractivity contribution in [2.24, 2.45) is 0 Å². The highest BCUT2D eigenvalue weighted by Gasteiger charge is 2.33. The Morgan fingerprint density at radius 3 is 2.36 bits per heavy atom. The summed E-state index contributed by atoms with van der Waals surface area (Å²) >= 11 is 2.71. The molecule has 78 valence electrons. The monoisotopic (exact) mass is 273 g/mol. The fourth-order valence-corrected chi connectivity index (χ4v) is 1.14. The Bertz CT molecular complexity index is 352. The second-order valence-electron chi connectivity index (χ2n) is 2.33. The maximum Gasteiger partial charge on any atom is 0.573 e. The molecule has 0 radical (unpaired) electrons. The van der Waals surface area contributed by atoms with Crippen LogP contribution in [0.1, 0.15) is 0 Å². The number of anilines is 1. The zero-order chi connectivity index (χ0) is 10.9. The summed E-state index contributed by atoms with van der Waals surface area (Å²) in [5.74, 6) is -2.20. The molecule has 2 nitrogen and oxygen atoms in total. The second-order valence-corrected chi connectivity index (χ2v) is 3.18. The Kier molecular flexibility index (Phi) is 2.89. The number of rotatable bonds is 1. The molecular formula is C7H4BrF4NO. The number of benzene rings is 1. The van der Waals surface area contributed by atoms with Crippen LogP contribution in [0.3, 0.4) is 0 Å². The highest BCUT2D eigenvalue weighted by atomic mass is 79.9. The average Bonchev–Trinajstić information content (AvgIpc) is 2.04. The summed E-state index contributed by atoms with van der Waals surface area (Å²) in [6, 6.07) is 2.29. The molecule has 0 spiro atoms. The first-order valence-electron chi connectivity index (χ1n) is 3.30. The van der Waals surface area contributed by atoms with Crippen LogP contribution in [0.2, 0.25) is 0 Å². The smallest absolute Gasteiger partial charge is 0.401 e. The molecule has 0 saturated heterocycles. The van der Waals surface area contributed by atoms with Gasteiger partial charge in [0.25, 0.3) is 0 Å². The normalized spacial score (nSPS) is 11.5. The average molecular weight is 274 g/mol. The molecule has 2 N–H and O–H groups in total. The minimum Gasteiger partial charge on any atom is -0.401 e. The summed E-state index contributed by atoms with van der Waals surface area (Å²) in [5.41, 5.74) is 4.66. The lowest BCUT2D eigenvalue weighted by Gasteiger charge is -2.11. The van der Waals surface area contributed by atoms with Gasteiger partial charge in [-0.2, -0.15) is 0 Å². The van der Waals surface area contributed by atoms with Gasteiger partial charge in [-0.3, -0.25) is 0 Å². The van der Waals surface area contributed by atoms with Crippen LogP contribution in [-0.4, -0.2) is 6.36 Å². The molecule has 0 aromatic heterocycles. The van der Waals surface area contributed by atoms with E-state index in [9.17, 15) is 17.6 Å². The van der Waals surface area contributed by atoms with Crippen molar-refractivity contribution in [2.45, 2.75) is 6.36 Å². The zero-order valence-corrected chi connectivity index (χ0v) is 8.12. The van der Waals surface area contributed by atoms with Crippen molar-refractivity contribution in [3.8, 4) is 5.75 Å². The molecule has 0 saturated carbocycles. The fourth-order valence-electron chi connectivity index (χ4n) is 0.757. The standard InChI is InChI=1S/C7H4BrF4NO/c8-3-1-2-4(13)5(9)6(3)14-7(10,11)12/h1-2H,13H2. The van der Waals surface area contributed by atoms with E-state index in [4.69, 9.17) is 5.73 Å². The predicted molar refractivity (Wildman–Crippen MR) is 45.2 cm³/mol. The van der Waals surface area contributed by atoms with E-state index in [0.29, 0.717) is 0 Å². The summed E-state index contributed by atoms with van der Waals surface area (Å²) in [6.45, 7) is 0. The number of nitrogen functional groups attached to an aromatic ring is 1. The van der Waals surface area contributed by atoms with E-state index in [-0.39, 0.29) is 4.47 Å². The molecule has 1 aromatic rings. The van der Waals surface area contributed by atoms with E-state index in [1.54, 1.807) is 0 Å². The van der Waals surface area contributed by atoms with Gasteiger partial charge in [0.15, 0.2) is 11.6 Å². The van der Waals surface area contributed by atoms with E-state index >= 15 is 0 Å². The summed E-state index contributed by atoms with van der Waals surface area (Å²) < 4.78 is 51.7. The number of halogens is 5. The van der Waals surface area contributed by atoms with Crippen molar-refractivity contribution in [1.82, 2.24) is 0 Å². The van der Waals surface area contributed by atoms with Crippen LogP contribution in [0, 0.1) is 5.82 Å². The Labute approximate surface area is 84.8 Å². The first-order chi connectivity index (χ1) is 6.31. The lowest BCUT2D eigenvalue weighted by molar-refractivity contribution is -0.275. The van der Waals surface area contributed by atoms with Crippen molar-refractivity contribution in [2.75, 3.05) is 5.73 Å². The number of alkyl halides is 3. The molecule has 0 atom stereocenters. The summed E-state index contributed by atoms with van der Waals surface area (Å²) in [5, 5.41) is 0. The van der Waals surface area contributed by atoms with Crippen molar-refractivity contribution >= 4 is 21.6 Å². The maximum atomic E-state index is 13.0. The molecule has 0 unspecified atom stereocenters. The molecule has 0 bridgehead atoms. The molecule has 1 aromatic carbocycles. The van der Waals surface area contributed by atoms with Crippen molar-refractivity contribution < 1.29 is 22.3 Å². The molecule has 0 aliphatic carbocycles. The van der Waals surface area contributed by atoms with Crippen molar-refractivity contribution in [3.05, 3.63) is 22.4 Å². The zero-order valence-electron chi connectivity index (χ0n) is 6.53. The van der Waals surface area contributed by atoms with E-state index in [0.717, 1.165) is 6.07 Å². The van der Waals surface area contributed by atoms with E-state index in [1.807, 2.05) is 0 Å². The first-order valence-corrected chi connectivity index (χ1v) is 4.10. The lowest BCUT2D eigenvalue weighted by atomic mass is 10.3. The van der Waals surface area contributed by atoms with Crippen molar-refractivity contribution in [3.63, 3.8) is 0 Å². The van der Waals surface area contributed by atoms with Gasteiger partial charge in [-0.1, -0.05) is 0 Å². The third-order valence-corrected chi connectivity index (χ3v) is 1.92. The molecule has 7 heteroatoms. The van der Waals surface area contributed by atoms with Gasteiger partial charge < -0.3 is 10.5 Å². The molecule has 0 aliphatic heterocycles. The highest BCUT2D eigenvalue weighted by Crippen LogP contribution is 2.35. The SMILES string of the molecule is Nc1ccc(Br)c(OC(F)(F)F)c1F. The third kappa shape index (κ3) is 2.50. The van der Waals surface area contributed by atoms with Gasteiger partial charge in [-0.25, -0.2) is 4.39 Å².